The zero-order valence-corrected chi connectivity index (χ0v) is 11.8. The van der Waals surface area contributed by atoms with Crippen molar-refractivity contribution in [1.29, 1.82) is 0 Å². The first kappa shape index (κ1) is 14.5. The maximum Gasteiger partial charge on any atom is 0.247 e. The van der Waals surface area contributed by atoms with Crippen LogP contribution in [0.3, 0.4) is 0 Å². The van der Waals surface area contributed by atoms with E-state index in [9.17, 15) is 0 Å². The first-order chi connectivity index (χ1) is 10.3. The van der Waals surface area contributed by atoms with Gasteiger partial charge >= 0.3 is 0 Å². The van der Waals surface area contributed by atoms with Gasteiger partial charge in [-0.2, -0.15) is 0 Å². The van der Waals surface area contributed by atoms with E-state index in [1.165, 1.54) is 0 Å². The van der Waals surface area contributed by atoms with Gasteiger partial charge in [0.25, 0.3) is 0 Å². The molecule has 5 nitrogen and oxygen atoms in total. The molecule has 0 saturated heterocycles. The molecule has 0 aliphatic heterocycles. The Morgan fingerprint density at radius 2 is 2.19 bits per heavy atom. The first-order valence-electron chi connectivity index (χ1n) is 6.59. The minimum absolute atomic E-state index is 0.500. The summed E-state index contributed by atoms with van der Waals surface area (Å²) in [5.74, 6) is 3.57. The maximum absolute atomic E-state index is 5.60. The number of nitrogens with zero attached hydrogens (tertiary/aromatic N) is 3. The second-order valence-electron chi connectivity index (χ2n) is 4.18. The Kier molecular flexibility index (Phi) is 5.30. The maximum atomic E-state index is 5.60. The lowest BCUT2D eigenvalue weighted by atomic mass is 10.3. The van der Waals surface area contributed by atoms with E-state index in [0.29, 0.717) is 24.7 Å². The van der Waals surface area contributed by atoms with Gasteiger partial charge in [-0.05, 0) is 25.1 Å². The predicted molar refractivity (Wildman–Crippen MR) is 81.0 cm³/mol. The van der Waals surface area contributed by atoms with Crippen LogP contribution in [0.15, 0.2) is 52.9 Å². The van der Waals surface area contributed by atoms with E-state index < -0.39 is 0 Å². The van der Waals surface area contributed by atoms with E-state index in [0.717, 1.165) is 11.3 Å². The van der Waals surface area contributed by atoms with Crippen LogP contribution in [0.4, 0.5) is 0 Å². The number of aromatic nitrogens is 3. The highest BCUT2D eigenvalue weighted by Gasteiger charge is 2.07. The molecule has 0 fully saturated rings. The van der Waals surface area contributed by atoms with Crippen LogP contribution in [0.5, 0.6) is 0 Å². The van der Waals surface area contributed by atoms with Crippen LogP contribution < -0.4 is 5.32 Å². The number of terminal acetylenes is 1. The van der Waals surface area contributed by atoms with Crippen LogP contribution in [0, 0.1) is 12.3 Å². The zero-order valence-electron chi connectivity index (χ0n) is 11.8. The molecule has 0 atom stereocenters. The molecular formula is C16H16N4O. The average Bonchev–Trinajstić information content (AvgIpc) is 2.97. The molecule has 106 valence electrons. The lowest BCUT2D eigenvalue weighted by Crippen LogP contribution is -2.15. The summed E-state index contributed by atoms with van der Waals surface area (Å²) in [6, 6.07) is 3.66. The van der Waals surface area contributed by atoms with Crippen LogP contribution >= 0.6 is 0 Å². The standard InChI is InChI=1S/C16H16N4O/c1-3-5-14(6-4-2)18-12-9-15-19-20-16(21-15)13-7-10-17-11-8-13/h1,4-8,10-11,18H,9,12H2,2H3/b6-4-,14-5+. The Labute approximate surface area is 123 Å². The molecule has 0 radical (unpaired) electrons. The summed E-state index contributed by atoms with van der Waals surface area (Å²) in [6.07, 6.45) is 14.8. The van der Waals surface area contributed by atoms with Crippen molar-refractivity contribution in [3.05, 3.63) is 54.3 Å². The lowest BCUT2D eigenvalue weighted by Gasteiger charge is -2.03. The Morgan fingerprint density at radius 1 is 1.38 bits per heavy atom. The van der Waals surface area contributed by atoms with Crippen LogP contribution in [0.1, 0.15) is 12.8 Å². The topological polar surface area (TPSA) is 63.8 Å². The molecule has 0 aliphatic rings. The fourth-order valence-corrected chi connectivity index (χ4v) is 1.71. The van der Waals surface area contributed by atoms with E-state index in [-0.39, 0.29) is 0 Å². The van der Waals surface area contributed by atoms with Crippen molar-refractivity contribution >= 4 is 0 Å². The minimum atomic E-state index is 0.500. The van der Waals surface area contributed by atoms with Gasteiger partial charge in [0.15, 0.2) is 0 Å². The molecule has 5 heteroatoms. The molecule has 0 unspecified atom stereocenters. The van der Waals surface area contributed by atoms with E-state index in [1.54, 1.807) is 18.5 Å². The minimum Gasteiger partial charge on any atom is -0.421 e. The highest BCUT2D eigenvalue weighted by atomic mass is 16.4. The monoisotopic (exact) mass is 280 g/mol. The molecule has 0 aliphatic carbocycles. The van der Waals surface area contributed by atoms with Crippen LogP contribution in [0.2, 0.25) is 0 Å². The summed E-state index contributed by atoms with van der Waals surface area (Å²) < 4.78 is 5.60. The van der Waals surface area contributed by atoms with Gasteiger partial charge in [-0.3, -0.25) is 4.98 Å². The van der Waals surface area contributed by atoms with E-state index in [2.05, 4.69) is 26.4 Å². The highest BCUT2D eigenvalue weighted by Crippen LogP contribution is 2.16. The van der Waals surface area contributed by atoms with Gasteiger partial charge in [0.2, 0.25) is 11.8 Å². The number of hydrogen-bond donors (Lipinski definition) is 1. The summed E-state index contributed by atoms with van der Waals surface area (Å²) in [7, 11) is 0. The molecule has 0 spiro atoms. The zero-order chi connectivity index (χ0) is 14.9. The van der Waals surface area contributed by atoms with E-state index >= 15 is 0 Å². The second kappa shape index (κ2) is 7.65. The SMILES string of the molecule is C#C/C=C(\C=C/C)NCCc1nnc(-c2ccncc2)o1. The summed E-state index contributed by atoms with van der Waals surface area (Å²) in [5, 5.41) is 11.3. The summed E-state index contributed by atoms with van der Waals surface area (Å²) in [6.45, 7) is 2.60. The molecule has 0 amide bonds. The predicted octanol–water partition coefficient (Wildman–Crippen LogP) is 2.36. The van der Waals surface area contributed by atoms with Gasteiger partial charge in [-0.25, -0.2) is 0 Å². The van der Waals surface area contributed by atoms with E-state index in [1.807, 2.05) is 31.2 Å². The van der Waals surface area contributed by atoms with Crippen molar-refractivity contribution in [1.82, 2.24) is 20.5 Å². The molecule has 2 aromatic rings. The third-order valence-corrected chi connectivity index (χ3v) is 2.65. The van der Waals surface area contributed by atoms with Crippen LogP contribution in [-0.2, 0) is 6.42 Å². The largest absolute Gasteiger partial charge is 0.421 e. The van der Waals surface area contributed by atoms with Crippen LogP contribution in [0.25, 0.3) is 11.5 Å². The average molecular weight is 280 g/mol. The highest BCUT2D eigenvalue weighted by molar-refractivity contribution is 5.50. The molecule has 0 aromatic carbocycles. The second-order valence-corrected chi connectivity index (χ2v) is 4.18. The summed E-state index contributed by atoms with van der Waals surface area (Å²) in [5.41, 5.74) is 1.74. The number of allylic oxidation sites excluding steroid dienone is 3. The fourth-order valence-electron chi connectivity index (χ4n) is 1.71. The van der Waals surface area contributed by atoms with E-state index in [4.69, 9.17) is 10.8 Å². The van der Waals surface area contributed by atoms with Gasteiger partial charge in [-0.1, -0.05) is 12.0 Å². The normalized spacial score (nSPS) is 11.5. The van der Waals surface area contributed by atoms with Crippen molar-refractivity contribution in [2.24, 2.45) is 0 Å². The third-order valence-electron chi connectivity index (χ3n) is 2.65. The Morgan fingerprint density at radius 3 is 2.90 bits per heavy atom. The molecule has 21 heavy (non-hydrogen) atoms. The van der Waals surface area contributed by atoms with Gasteiger partial charge in [-0.15, -0.1) is 16.6 Å². The number of hydrogen-bond acceptors (Lipinski definition) is 5. The third kappa shape index (κ3) is 4.32. The quantitative estimate of drug-likeness (QED) is 0.650. The van der Waals surface area contributed by atoms with Crippen LogP contribution in [-0.4, -0.2) is 21.7 Å². The van der Waals surface area contributed by atoms with Gasteiger partial charge < -0.3 is 9.73 Å². The molecule has 1 N–H and O–H groups in total. The van der Waals surface area contributed by atoms with Crippen molar-refractivity contribution in [2.75, 3.05) is 6.54 Å². The Bertz CT molecular complexity index is 665. The molecule has 2 heterocycles. The smallest absolute Gasteiger partial charge is 0.247 e. The Hall–Kier alpha value is -2.87. The molecule has 0 bridgehead atoms. The molecule has 2 rings (SSSR count). The first-order valence-corrected chi connectivity index (χ1v) is 6.59. The molecule has 0 saturated carbocycles. The number of nitrogens with one attached hydrogen (secondary N) is 1. The number of pyridine rings is 1. The van der Waals surface area contributed by atoms with Crippen molar-refractivity contribution in [3.63, 3.8) is 0 Å². The Balaban J connectivity index is 1.92. The van der Waals surface area contributed by atoms with Crippen molar-refractivity contribution < 1.29 is 4.42 Å². The molecular weight excluding hydrogens is 264 g/mol. The fraction of sp³-hybridized carbons (Fsp3) is 0.188. The van der Waals surface area contributed by atoms with Gasteiger partial charge in [0.1, 0.15) is 0 Å². The van der Waals surface area contributed by atoms with Gasteiger partial charge in [0, 0.05) is 42.7 Å². The van der Waals surface area contributed by atoms with Crippen molar-refractivity contribution in [2.45, 2.75) is 13.3 Å². The number of rotatable bonds is 6. The van der Waals surface area contributed by atoms with Gasteiger partial charge in [0.05, 0.1) is 0 Å². The van der Waals surface area contributed by atoms with Crippen molar-refractivity contribution in [3.8, 4) is 23.8 Å². The lowest BCUT2D eigenvalue weighted by molar-refractivity contribution is 0.501. The summed E-state index contributed by atoms with van der Waals surface area (Å²) >= 11 is 0. The molecule has 2 aromatic heterocycles. The summed E-state index contributed by atoms with van der Waals surface area (Å²) in [4.78, 5) is 3.95.